The molecule has 0 saturated heterocycles. The lowest BCUT2D eigenvalue weighted by atomic mass is 10.0. The first-order valence-electron chi connectivity index (χ1n) is 8.26. The summed E-state index contributed by atoms with van der Waals surface area (Å²) in [7, 11) is 0. The minimum atomic E-state index is 0.155. The normalized spacial score (nSPS) is 11.6. The van der Waals surface area contributed by atoms with Gasteiger partial charge in [-0.2, -0.15) is 4.98 Å². The second-order valence-electron chi connectivity index (χ2n) is 6.01. The average Bonchev–Trinajstić information content (AvgIpc) is 3.11. The molecule has 0 fully saturated rings. The summed E-state index contributed by atoms with van der Waals surface area (Å²) in [6.45, 7) is 8.51. The van der Waals surface area contributed by atoms with E-state index in [4.69, 9.17) is 14.4 Å². The summed E-state index contributed by atoms with van der Waals surface area (Å²) in [5, 5.41) is 12.8. The van der Waals surface area contributed by atoms with Crippen LogP contribution < -0.4 is 0 Å². The van der Waals surface area contributed by atoms with E-state index in [-0.39, 0.29) is 6.61 Å². The summed E-state index contributed by atoms with van der Waals surface area (Å²) in [6.07, 6.45) is 7.41. The van der Waals surface area contributed by atoms with Crippen molar-refractivity contribution < 1.29 is 14.4 Å². The molecule has 5 nitrogen and oxygen atoms in total. The van der Waals surface area contributed by atoms with Gasteiger partial charge in [0.25, 0.3) is 5.89 Å². The summed E-state index contributed by atoms with van der Waals surface area (Å²) in [4.78, 5) is 12.4. The third-order valence-electron chi connectivity index (χ3n) is 3.40. The Balaban J connectivity index is 0.00000151. The first-order chi connectivity index (χ1) is 12.1. The van der Waals surface area contributed by atoms with Crippen molar-refractivity contribution in [2.24, 2.45) is 5.92 Å². The van der Waals surface area contributed by atoms with Crippen LogP contribution in [0, 0.1) is 5.92 Å². The van der Waals surface area contributed by atoms with Crippen molar-refractivity contribution in [3.63, 3.8) is 0 Å². The van der Waals surface area contributed by atoms with Crippen LogP contribution in [0.25, 0.3) is 17.0 Å². The molecule has 2 aromatic rings. The third-order valence-corrected chi connectivity index (χ3v) is 3.40. The van der Waals surface area contributed by atoms with Crippen LogP contribution in [0.2, 0.25) is 0 Å². The van der Waals surface area contributed by atoms with Gasteiger partial charge in [0.1, 0.15) is 6.79 Å². The first kappa shape index (κ1) is 20.5. The number of hydrogen-bond donors (Lipinski definition) is 1. The Kier molecular flexibility index (Phi) is 9.11. The lowest BCUT2D eigenvalue weighted by Crippen LogP contribution is -1.93. The number of carbonyl (C=O) groups excluding carboxylic acids is 1. The zero-order valence-corrected chi connectivity index (χ0v) is 15.1. The highest BCUT2D eigenvalue weighted by atomic mass is 16.5. The summed E-state index contributed by atoms with van der Waals surface area (Å²) in [5.41, 5.74) is 3.17. The number of aromatic nitrogens is 2. The highest BCUT2D eigenvalue weighted by molar-refractivity contribution is 5.61. The highest BCUT2D eigenvalue weighted by Gasteiger charge is 2.10. The SMILES string of the molecule is C/C(=C\C=C/CCO)c1noc(-c2ccc(CC(C)C)cc2)n1.C=O. The molecule has 0 aliphatic heterocycles. The number of nitrogens with zero attached hydrogens (tertiary/aromatic N) is 2. The molecule has 2 rings (SSSR count). The van der Waals surface area contributed by atoms with Gasteiger partial charge in [-0.15, -0.1) is 0 Å². The number of aliphatic hydroxyl groups excluding tert-OH is 1. The molecular weight excluding hydrogens is 316 g/mol. The van der Waals surface area contributed by atoms with Gasteiger partial charge in [-0.05, 0) is 49.0 Å². The van der Waals surface area contributed by atoms with Crippen LogP contribution in [-0.2, 0) is 11.2 Å². The van der Waals surface area contributed by atoms with Crippen LogP contribution in [0.5, 0.6) is 0 Å². The minimum Gasteiger partial charge on any atom is -0.396 e. The van der Waals surface area contributed by atoms with Gasteiger partial charge in [0, 0.05) is 12.2 Å². The smallest absolute Gasteiger partial charge is 0.258 e. The van der Waals surface area contributed by atoms with Crippen LogP contribution in [0.4, 0.5) is 0 Å². The second kappa shape index (κ2) is 11.1. The predicted octanol–water partition coefficient (Wildman–Crippen LogP) is 4.09. The average molecular weight is 342 g/mol. The van der Waals surface area contributed by atoms with Crippen LogP contribution >= 0.6 is 0 Å². The van der Waals surface area contributed by atoms with Gasteiger partial charge in [-0.25, -0.2) is 0 Å². The minimum absolute atomic E-state index is 0.155. The number of rotatable bonds is 7. The molecule has 0 amide bonds. The number of hydrogen-bond acceptors (Lipinski definition) is 5. The van der Waals surface area contributed by atoms with E-state index in [2.05, 4.69) is 36.1 Å². The molecule has 0 saturated carbocycles. The van der Waals surface area contributed by atoms with Crippen molar-refractivity contribution in [3.05, 3.63) is 53.9 Å². The zero-order chi connectivity index (χ0) is 18.7. The number of allylic oxidation sites excluding steroid dienone is 3. The van der Waals surface area contributed by atoms with Crippen molar-refractivity contribution in [1.82, 2.24) is 10.1 Å². The van der Waals surface area contributed by atoms with Crippen molar-refractivity contribution in [2.45, 2.75) is 33.6 Å². The lowest BCUT2D eigenvalue weighted by molar-refractivity contribution is -0.0979. The fourth-order valence-corrected chi connectivity index (χ4v) is 2.21. The first-order valence-corrected chi connectivity index (χ1v) is 8.26. The Morgan fingerprint density at radius 2 is 1.96 bits per heavy atom. The summed E-state index contributed by atoms with van der Waals surface area (Å²) < 4.78 is 5.35. The second-order valence-corrected chi connectivity index (χ2v) is 6.01. The van der Waals surface area contributed by atoms with E-state index < -0.39 is 0 Å². The summed E-state index contributed by atoms with van der Waals surface area (Å²) >= 11 is 0. The zero-order valence-electron chi connectivity index (χ0n) is 15.1. The fourth-order valence-electron chi connectivity index (χ4n) is 2.21. The summed E-state index contributed by atoms with van der Waals surface area (Å²) in [6, 6.07) is 8.27. The topological polar surface area (TPSA) is 76.2 Å². The Labute approximate surface area is 149 Å². The number of carbonyl (C=O) groups is 1. The van der Waals surface area contributed by atoms with Crippen molar-refractivity contribution >= 4 is 12.4 Å². The quantitative estimate of drug-likeness (QED) is 0.767. The van der Waals surface area contributed by atoms with Gasteiger partial charge >= 0.3 is 0 Å². The summed E-state index contributed by atoms with van der Waals surface area (Å²) in [5.74, 6) is 1.76. The van der Waals surface area contributed by atoms with Gasteiger partial charge < -0.3 is 14.4 Å². The molecule has 1 aromatic heterocycles. The van der Waals surface area contributed by atoms with Gasteiger partial charge in [0.05, 0.1) is 0 Å². The van der Waals surface area contributed by atoms with Gasteiger partial charge in [0.15, 0.2) is 5.82 Å². The highest BCUT2D eigenvalue weighted by Crippen LogP contribution is 2.21. The van der Waals surface area contributed by atoms with E-state index >= 15 is 0 Å². The molecule has 1 N–H and O–H groups in total. The van der Waals surface area contributed by atoms with E-state index in [9.17, 15) is 0 Å². The molecule has 25 heavy (non-hydrogen) atoms. The van der Waals surface area contributed by atoms with Crippen LogP contribution in [0.15, 0.2) is 47.0 Å². The Morgan fingerprint density at radius 3 is 2.56 bits per heavy atom. The van der Waals surface area contributed by atoms with E-state index in [0.717, 1.165) is 17.6 Å². The largest absolute Gasteiger partial charge is 0.396 e. The molecule has 1 aromatic carbocycles. The molecule has 5 heteroatoms. The van der Waals surface area contributed by atoms with Gasteiger partial charge in [-0.1, -0.05) is 49.4 Å². The molecule has 0 aliphatic carbocycles. The van der Waals surface area contributed by atoms with E-state index in [1.165, 1.54) is 5.56 Å². The molecule has 0 unspecified atom stereocenters. The molecule has 0 aliphatic rings. The van der Waals surface area contributed by atoms with Crippen LogP contribution in [0.1, 0.15) is 38.6 Å². The van der Waals surface area contributed by atoms with E-state index in [0.29, 0.717) is 24.1 Å². The van der Waals surface area contributed by atoms with E-state index in [1.807, 2.05) is 44.1 Å². The Hall–Kier alpha value is -2.53. The monoisotopic (exact) mass is 342 g/mol. The molecule has 0 bridgehead atoms. The van der Waals surface area contributed by atoms with Crippen LogP contribution in [-0.4, -0.2) is 28.6 Å². The number of benzene rings is 1. The number of aliphatic hydroxyl groups is 1. The van der Waals surface area contributed by atoms with E-state index in [1.54, 1.807) is 0 Å². The fraction of sp³-hybridized carbons (Fsp3) is 0.350. The maximum atomic E-state index is 8.73. The molecule has 134 valence electrons. The van der Waals surface area contributed by atoms with Crippen molar-refractivity contribution in [2.75, 3.05) is 6.61 Å². The van der Waals surface area contributed by atoms with Crippen LogP contribution in [0.3, 0.4) is 0 Å². The maximum absolute atomic E-state index is 8.73. The molecule has 0 radical (unpaired) electrons. The lowest BCUT2D eigenvalue weighted by Gasteiger charge is -2.04. The molecule has 0 atom stereocenters. The molecule has 0 spiro atoms. The molecule has 1 heterocycles. The standard InChI is InChI=1S/C19H24N2O2.CH2O/c1-14(2)13-16-8-10-17(11-9-16)19-20-18(21-23-19)15(3)7-5-4-6-12-22;1-2/h4-5,7-11,14,22H,6,12-13H2,1-3H3;1H2/b5-4-,15-7+;. The van der Waals surface area contributed by atoms with Crippen molar-refractivity contribution in [1.29, 1.82) is 0 Å². The Bertz CT molecular complexity index is 685. The Morgan fingerprint density at radius 1 is 1.28 bits per heavy atom. The predicted molar refractivity (Wildman–Crippen MR) is 99.9 cm³/mol. The van der Waals surface area contributed by atoms with Crippen molar-refractivity contribution in [3.8, 4) is 11.5 Å². The third kappa shape index (κ3) is 6.85. The molecular formula is C20H26N2O3. The van der Waals surface area contributed by atoms with Gasteiger partial charge in [0.2, 0.25) is 0 Å². The maximum Gasteiger partial charge on any atom is 0.258 e. The van der Waals surface area contributed by atoms with Gasteiger partial charge in [-0.3, -0.25) is 0 Å².